The lowest BCUT2D eigenvalue weighted by Crippen LogP contribution is -2.44. The highest BCUT2D eigenvalue weighted by Crippen LogP contribution is 2.30. The standard InChI is InChI=1S/C23H31FN4O3.HI/c1-4-31-21-9-8-19(15-22(21)29-3)27-23(25-2)26-16-20(28-10-12-30-13-11-28)17-6-5-7-18(24)14-17;/h5-9,14-15,20H,4,10-13,16H2,1-3H3,(H2,25,26,27);1H. The molecule has 1 unspecified atom stereocenters. The van der Waals surface area contributed by atoms with Crippen LogP contribution in [0.25, 0.3) is 0 Å². The summed E-state index contributed by atoms with van der Waals surface area (Å²) in [5, 5.41) is 6.65. The molecule has 2 N–H and O–H groups in total. The average Bonchev–Trinajstić information content (AvgIpc) is 2.80. The Bertz CT molecular complexity index is 878. The van der Waals surface area contributed by atoms with Crippen LogP contribution in [0.4, 0.5) is 10.1 Å². The lowest BCUT2D eigenvalue weighted by Gasteiger charge is -2.35. The van der Waals surface area contributed by atoms with Crippen molar-refractivity contribution in [1.82, 2.24) is 10.2 Å². The third kappa shape index (κ3) is 7.21. The molecule has 9 heteroatoms. The van der Waals surface area contributed by atoms with Gasteiger partial charge in [0.25, 0.3) is 0 Å². The molecule has 1 aliphatic heterocycles. The van der Waals surface area contributed by atoms with Gasteiger partial charge in [-0.05, 0) is 36.8 Å². The van der Waals surface area contributed by atoms with Crippen LogP contribution >= 0.6 is 24.0 Å². The fourth-order valence-corrected chi connectivity index (χ4v) is 3.59. The second-order valence-electron chi connectivity index (χ2n) is 7.10. The van der Waals surface area contributed by atoms with Gasteiger partial charge in [0.15, 0.2) is 17.5 Å². The van der Waals surface area contributed by atoms with Crippen molar-refractivity contribution in [3.8, 4) is 11.5 Å². The molecule has 7 nitrogen and oxygen atoms in total. The molecule has 2 aromatic carbocycles. The van der Waals surface area contributed by atoms with E-state index in [-0.39, 0.29) is 35.8 Å². The largest absolute Gasteiger partial charge is 0.493 e. The summed E-state index contributed by atoms with van der Waals surface area (Å²) in [6, 6.07) is 12.4. The number of aliphatic imine (C=N–C) groups is 1. The summed E-state index contributed by atoms with van der Waals surface area (Å²) < 4.78 is 30.4. The Kier molecular flexibility index (Phi) is 11.0. The van der Waals surface area contributed by atoms with Crippen molar-refractivity contribution in [2.24, 2.45) is 4.99 Å². The van der Waals surface area contributed by atoms with Gasteiger partial charge in [0, 0.05) is 38.4 Å². The maximum atomic E-state index is 13.9. The first kappa shape index (κ1) is 26.1. The molecule has 0 saturated carbocycles. The van der Waals surface area contributed by atoms with Crippen LogP contribution in [0, 0.1) is 5.82 Å². The number of nitrogens with one attached hydrogen (secondary N) is 2. The number of hydrogen-bond acceptors (Lipinski definition) is 5. The highest BCUT2D eigenvalue weighted by atomic mass is 127. The van der Waals surface area contributed by atoms with Gasteiger partial charge >= 0.3 is 0 Å². The molecular weight excluding hydrogens is 526 g/mol. The molecule has 1 heterocycles. The van der Waals surface area contributed by atoms with Crippen molar-refractivity contribution in [3.63, 3.8) is 0 Å². The van der Waals surface area contributed by atoms with Gasteiger partial charge < -0.3 is 24.8 Å². The second kappa shape index (κ2) is 13.4. The molecule has 3 rings (SSSR count). The summed E-state index contributed by atoms with van der Waals surface area (Å²) in [4.78, 5) is 6.64. The first-order valence-corrected chi connectivity index (χ1v) is 10.5. The second-order valence-corrected chi connectivity index (χ2v) is 7.10. The average molecular weight is 558 g/mol. The van der Waals surface area contributed by atoms with Gasteiger partial charge in [-0.2, -0.15) is 0 Å². The number of benzene rings is 2. The Balaban J connectivity index is 0.00000363. The molecule has 1 aliphatic rings. The third-order valence-corrected chi connectivity index (χ3v) is 5.13. The molecular formula is C23H32FIN4O3. The van der Waals surface area contributed by atoms with Gasteiger partial charge in [0.2, 0.25) is 0 Å². The number of halogens is 2. The molecule has 0 bridgehead atoms. The molecule has 0 amide bonds. The number of nitrogens with zero attached hydrogens (tertiary/aromatic N) is 2. The van der Waals surface area contributed by atoms with E-state index in [1.807, 2.05) is 31.2 Å². The molecule has 1 saturated heterocycles. The smallest absolute Gasteiger partial charge is 0.195 e. The number of rotatable bonds is 8. The van der Waals surface area contributed by atoms with Gasteiger partial charge in [-0.3, -0.25) is 9.89 Å². The maximum absolute atomic E-state index is 13.9. The zero-order valence-corrected chi connectivity index (χ0v) is 21.1. The highest BCUT2D eigenvalue weighted by Gasteiger charge is 2.23. The van der Waals surface area contributed by atoms with Crippen molar-refractivity contribution >= 4 is 35.6 Å². The van der Waals surface area contributed by atoms with E-state index in [1.54, 1.807) is 26.3 Å². The maximum Gasteiger partial charge on any atom is 0.195 e. The van der Waals surface area contributed by atoms with Crippen molar-refractivity contribution in [2.75, 3.05) is 58.9 Å². The Hall–Kier alpha value is -2.11. The van der Waals surface area contributed by atoms with E-state index in [1.165, 1.54) is 6.07 Å². The van der Waals surface area contributed by atoms with Crippen LogP contribution in [-0.2, 0) is 4.74 Å². The first-order chi connectivity index (χ1) is 15.1. The minimum Gasteiger partial charge on any atom is -0.493 e. The number of guanidine groups is 1. The van der Waals surface area contributed by atoms with Gasteiger partial charge in [-0.15, -0.1) is 24.0 Å². The third-order valence-electron chi connectivity index (χ3n) is 5.13. The fraction of sp³-hybridized carbons (Fsp3) is 0.435. The topological polar surface area (TPSA) is 67.4 Å². The molecule has 0 aromatic heterocycles. The first-order valence-electron chi connectivity index (χ1n) is 10.5. The monoisotopic (exact) mass is 558 g/mol. The number of methoxy groups -OCH3 is 1. The van der Waals surface area contributed by atoms with Gasteiger partial charge in [0.1, 0.15) is 5.82 Å². The summed E-state index contributed by atoms with van der Waals surface area (Å²) in [5.74, 6) is 1.71. The van der Waals surface area contributed by atoms with Gasteiger partial charge in [0.05, 0.1) is 33.0 Å². The van der Waals surface area contributed by atoms with E-state index in [0.29, 0.717) is 43.8 Å². The summed E-state index contributed by atoms with van der Waals surface area (Å²) in [5.41, 5.74) is 1.75. The van der Waals surface area contributed by atoms with Crippen LogP contribution in [0.2, 0.25) is 0 Å². The molecule has 0 spiro atoms. The molecule has 1 atom stereocenters. The Morgan fingerprint density at radius 2 is 1.97 bits per heavy atom. The van der Waals surface area contributed by atoms with E-state index in [2.05, 4.69) is 20.5 Å². The van der Waals surface area contributed by atoms with E-state index in [9.17, 15) is 4.39 Å². The number of anilines is 1. The summed E-state index contributed by atoms with van der Waals surface area (Å²) in [6.07, 6.45) is 0. The van der Waals surface area contributed by atoms with Crippen molar-refractivity contribution in [2.45, 2.75) is 13.0 Å². The van der Waals surface area contributed by atoms with E-state index in [4.69, 9.17) is 14.2 Å². The van der Waals surface area contributed by atoms with Crippen molar-refractivity contribution < 1.29 is 18.6 Å². The molecule has 0 aliphatic carbocycles. The van der Waals surface area contributed by atoms with Crippen molar-refractivity contribution in [3.05, 3.63) is 53.8 Å². The fourth-order valence-electron chi connectivity index (χ4n) is 3.59. The van der Waals surface area contributed by atoms with Gasteiger partial charge in [-0.1, -0.05) is 12.1 Å². The van der Waals surface area contributed by atoms with E-state index >= 15 is 0 Å². The Morgan fingerprint density at radius 3 is 2.62 bits per heavy atom. The quantitative estimate of drug-likeness (QED) is 0.291. The van der Waals surface area contributed by atoms with E-state index < -0.39 is 0 Å². The lowest BCUT2D eigenvalue weighted by molar-refractivity contribution is 0.0170. The zero-order valence-electron chi connectivity index (χ0n) is 18.8. The van der Waals surface area contributed by atoms with Crippen LogP contribution in [0.5, 0.6) is 11.5 Å². The van der Waals surface area contributed by atoms with E-state index in [0.717, 1.165) is 24.3 Å². The Labute approximate surface area is 206 Å². The number of hydrogen-bond donors (Lipinski definition) is 2. The molecule has 1 fully saturated rings. The molecule has 2 aromatic rings. The minimum absolute atomic E-state index is 0. The van der Waals surface area contributed by atoms with Crippen LogP contribution in [0.1, 0.15) is 18.5 Å². The highest BCUT2D eigenvalue weighted by molar-refractivity contribution is 14.0. The molecule has 0 radical (unpaired) electrons. The lowest BCUT2D eigenvalue weighted by atomic mass is 10.0. The van der Waals surface area contributed by atoms with Crippen LogP contribution in [0.15, 0.2) is 47.5 Å². The van der Waals surface area contributed by atoms with Crippen LogP contribution in [-0.4, -0.2) is 64.5 Å². The minimum atomic E-state index is -0.236. The van der Waals surface area contributed by atoms with Gasteiger partial charge in [-0.25, -0.2) is 4.39 Å². The molecule has 176 valence electrons. The SMILES string of the molecule is CCOc1ccc(NC(=NC)NCC(c2cccc(F)c2)N2CCOCC2)cc1OC.I. The molecule has 32 heavy (non-hydrogen) atoms. The predicted octanol–water partition coefficient (Wildman–Crippen LogP) is 3.91. The summed E-state index contributed by atoms with van der Waals surface area (Å²) in [7, 11) is 3.33. The number of ether oxygens (including phenoxy) is 3. The normalized spacial score (nSPS) is 15.4. The number of morpholine rings is 1. The summed E-state index contributed by atoms with van der Waals surface area (Å²) in [6.45, 7) is 6.00. The zero-order chi connectivity index (χ0) is 22.1. The predicted molar refractivity (Wildman–Crippen MR) is 136 cm³/mol. The Morgan fingerprint density at radius 1 is 1.19 bits per heavy atom. The van der Waals surface area contributed by atoms with Crippen LogP contribution in [0.3, 0.4) is 0 Å². The van der Waals surface area contributed by atoms with Crippen molar-refractivity contribution in [1.29, 1.82) is 0 Å². The van der Waals surface area contributed by atoms with Crippen LogP contribution < -0.4 is 20.1 Å². The summed E-state index contributed by atoms with van der Waals surface area (Å²) >= 11 is 0.